The third-order valence-corrected chi connectivity index (χ3v) is 4.78. The fourth-order valence-electron chi connectivity index (χ4n) is 3.04. The first kappa shape index (κ1) is 18.0. The summed E-state index contributed by atoms with van der Waals surface area (Å²) in [4.78, 5) is 26.7. The number of piperazine rings is 1. The highest BCUT2D eigenvalue weighted by Gasteiger charge is 2.41. The molecule has 0 saturated carbocycles. The zero-order valence-corrected chi connectivity index (χ0v) is 14.3. The number of rotatable bonds is 8. The second-order valence-corrected chi connectivity index (χ2v) is 6.49. The van der Waals surface area contributed by atoms with Crippen molar-refractivity contribution in [1.29, 1.82) is 0 Å². The lowest BCUT2D eigenvalue weighted by atomic mass is 9.93. The number of hydrogen-bond acceptors (Lipinski definition) is 2. The van der Waals surface area contributed by atoms with Crippen molar-refractivity contribution in [2.45, 2.75) is 91.3 Å². The molecule has 4 atom stereocenters. The molecule has 122 valence electrons. The molecule has 1 aliphatic heterocycles. The molecule has 0 aromatic rings. The minimum absolute atomic E-state index is 0.0136. The Morgan fingerprint density at radius 2 is 1.81 bits per heavy atom. The molecule has 0 aromatic carbocycles. The van der Waals surface area contributed by atoms with Gasteiger partial charge in [-0.15, -0.1) is 0 Å². The summed E-state index contributed by atoms with van der Waals surface area (Å²) in [5.74, 6) is 0.267. The molecule has 0 bridgehead atoms. The molecule has 1 saturated heterocycles. The van der Waals surface area contributed by atoms with Crippen LogP contribution in [0.1, 0.15) is 73.1 Å². The van der Waals surface area contributed by atoms with Gasteiger partial charge in [0, 0.05) is 6.04 Å². The lowest BCUT2D eigenvalue weighted by molar-refractivity contribution is -0.152. The summed E-state index contributed by atoms with van der Waals surface area (Å²) in [6.45, 7) is 10.2. The van der Waals surface area contributed by atoms with E-state index in [1.54, 1.807) is 0 Å². The second kappa shape index (κ2) is 8.40. The monoisotopic (exact) mass is 296 g/mol. The van der Waals surface area contributed by atoms with E-state index in [1.165, 1.54) is 19.3 Å². The van der Waals surface area contributed by atoms with Crippen LogP contribution in [0.3, 0.4) is 0 Å². The number of amides is 2. The number of carbonyl (C=O) groups is 2. The summed E-state index contributed by atoms with van der Waals surface area (Å²) in [5, 5.41) is 2.90. The van der Waals surface area contributed by atoms with Gasteiger partial charge in [-0.2, -0.15) is 0 Å². The standard InChI is InChI=1S/C17H32N2O2/c1-6-8-9-10-11-13(4)19-14(5)16(20)18-15(17(19)21)12(3)7-2/h12-15H,6-11H2,1-5H3,(H,18,20). The molecule has 4 nitrogen and oxygen atoms in total. The lowest BCUT2D eigenvalue weighted by Gasteiger charge is -2.42. The molecule has 21 heavy (non-hydrogen) atoms. The van der Waals surface area contributed by atoms with Gasteiger partial charge >= 0.3 is 0 Å². The van der Waals surface area contributed by atoms with Gasteiger partial charge in [0.2, 0.25) is 11.8 Å². The summed E-state index contributed by atoms with van der Waals surface area (Å²) >= 11 is 0. The molecule has 0 radical (unpaired) electrons. The van der Waals surface area contributed by atoms with Crippen molar-refractivity contribution in [3.63, 3.8) is 0 Å². The minimum atomic E-state index is -0.350. The third-order valence-electron chi connectivity index (χ3n) is 4.78. The SMILES string of the molecule is CCCCCCC(C)N1C(=O)C(C(C)CC)NC(=O)C1C. The van der Waals surface area contributed by atoms with Crippen LogP contribution in [0.25, 0.3) is 0 Å². The van der Waals surface area contributed by atoms with Crippen LogP contribution in [0.15, 0.2) is 0 Å². The molecule has 1 fully saturated rings. The molecule has 0 spiro atoms. The highest BCUT2D eigenvalue weighted by atomic mass is 16.2. The van der Waals surface area contributed by atoms with E-state index >= 15 is 0 Å². The minimum Gasteiger partial charge on any atom is -0.342 e. The average Bonchev–Trinajstić information content (AvgIpc) is 2.46. The third kappa shape index (κ3) is 4.45. The molecule has 0 aromatic heterocycles. The summed E-state index contributed by atoms with van der Waals surface area (Å²) in [6, 6.07) is -0.558. The Kier molecular flexibility index (Phi) is 7.20. The van der Waals surface area contributed by atoms with Crippen LogP contribution in [-0.4, -0.2) is 34.8 Å². The van der Waals surface area contributed by atoms with E-state index in [0.717, 1.165) is 19.3 Å². The highest BCUT2D eigenvalue weighted by Crippen LogP contribution is 2.22. The van der Waals surface area contributed by atoms with E-state index < -0.39 is 0 Å². The maximum absolute atomic E-state index is 12.7. The molecular weight excluding hydrogens is 264 g/mol. The average molecular weight is 296 g/mol. The van der Waals surface area contributed by atoms with Gasteiger partial charge in [0.25, 0.3) is 0 Å². The quantitative estimate of drug-likeness (QED) is 0.700. The summed E-state index contributed by atoms with van der Waals surface area (Å²) in [7, 11) is 0. The van der Waals surface area contributed by atoms with Crippen molar-refractivity contribution < 1.29 is 9.59 Å². The number of nitrogens with one attached hydrogen (secondary N) is 1. The van der Waals surface area contributed by atoms with Crippen LogP contribution in [0, 0.1) is 5.92 Å². The maximum Gasteiger partial charge on any atom is 0.246 e. The van der Waals surface area contributed by atoms with Gasteiger partial charge in [-0.05, 0) is 26.2 Å². The molecule has 2 amide bonds. The van der Waals surface area contributed by atoms with E-state index in [-0.39, 0.29) is 35.9 Å². The molecule has 1 aliphatic rings. The summed E-state index contributed by atoms with van der Waals surface area (Å²) in [5.41, 5.74) is 0. The van der Waals surface area contributed by atoms with Crippen molar-refractivity contribution in [2.24, 2.45) is 5.92 Å². The molecule has 1 heterocycles. The molecule has 1 N–H and O–H groups in total. The molecule has 0 aliphatic carbocycles. The Bertz CT molecular complexity index is 357. The Morgan fingerprint density at radius 1 is 1.14 bits per heavy atom. The van der Waals surface area contributed by atoms with Gasteiger partial charge < -0.3 is 10.2 Å². The first-order valence-corrected chi connectivity index (χ1v) is 8.56. The maximum atomic E-state index is 12.7. The Balaban J connectivity index is 2.71. The number of hydrogen-bond donors (Lipinski definition) is 1. The Hall–Kier alpha value is -1.06. The van der Waals surface area contributed by atoms with E-state index in [4.69, 9.17) is 0 Å². The first-order valence-electron chi connectivity index (χ1n) is 8.56. The lowest BCUT2D eigenvalue weighted by Crippen LogP contribution is -2.65. The predicted molar refractivity (Wildman–Crippen MR) is 85.9 cm³/mol. The van der Waals surface area contributed by atoms with Crippen molar-refractivity contribution in [3.05, 3.63) is 0 Å². The van der Waals surface area contributed by atoms with E-state index in [9.17, 15) is 9.59 Å². The van der Waals surface area contributed by atoms with Gasteiger partial charge in [0.1, 0.15) is 12.1 Å². The smallest absolute Gasteiger partial charge is 0.246 e. The van der Waals surface area contributed by atoms with Crippen LogP contribution in [0.2, 0.25) is 0 Å². The fraction of sp³-hybridized carbons (Fsp3) is 0.882. The van der Waals surface area contributed by atoms with E-state index in [1.807, 2.05) is 18.7 Å². The van der Waals surface area contributed by atoms with Crippen LogP contribution >= 0.6 is 0 Å². The van der Waals surface area contributed by atoms with Crippen molar-refractivity contribution in [3.8, 4) is 0 Å². The van der Waals surface area contributed by atoms with Gasteiger partial charge in [-0.3, -0.25) is 9.59 Å². The zero-order valence-electron chi connectivity index (χ0n) is 14.3. The summed E-state index contributed by atoms with van der Waals surface area (Å²) < 4.78 is 0. The molecule has 1 rings (SSSR count). The highest BCUT2D eigenvalue weighted by molar-refractivity contribution is 5.97. The van der Waals surface area contributed by atoms with Crippen LogP contribution in [0.4, 0.5) is 0 Å². The van der Waals surface area contributed by atoms with E-state index in [0.29, 0.717) is 0 Å². The van der Waals surface area contributed by atoms with E-state index in [2.05, 4.69) is 26.1 Å². The Morgan fingerprint density at radius 3 is 2.38 bits per heavy atom. The van der Waals surface area contributed by atoms with Crippen molar-refractivity contribution >= 4 is 11.8 Å². The largest absolute Gasteiger partial charge is 0.342 e. The number of unbranched alkanes of at least 4 members (excludes halogenated alkanes) is 3. The van der Waals surface area contributed by atoms with Crippen LogP contribution in [0.5, 0.6) is 0 Å². The fourth-order valence-corrected chi connectivity index (χ4v) is 3.04. The van der Waals surface area contributed by atoms with Gasteiger partial charge in [0.15, 0.2) is 0 Å². The van der Waals surface area contributed by atoms with Crippen LogP contribution < -0.4 is 5.32 Å². The van der Waals surface area contributed by atoms with Crippen molar-refractivity contribution in [2.75, 3.05) is 0 Å². The first-order chi connectivity index (χ1) is 9.93. The second-order valence-electron chi connectivity index (χ2n) is 6.49. The molecule has 4 unspecified atom stereocenters. The van der Waals surface area contributed by atoms with Crippen molar-refractivity contribution in [1.82, 2.24) is 10.2 Å². The Labute approximate surface area is 129 Å². The normalized spacial score (nSPS) is 25.7. The number of carbonyl (C=O) groups excluding carboxylic acids is 2. The van der Waals surface area contributed by atoms with Crippen LogP contribution in [-0.2, 0) is 9.59 Å². The zero-order chi connectivity index (χ0) is 16.0. The van der Waals surface area contributed by atoms with Gasteiger partial charge in [-0.1, -0.05) is 52.9 Å². The van der Waals surface area contributed by atoms with Gasteiger partial charge in [-0.25, -0.2) is 0 Å². The topological polar surface area (TPSA) is 49.4 Å². The van der Waals surface area contributed by atoms with Gasteiger partial charge in [0.05, 0.1) is 0 Å². The molecule has 4 heteroatoms. The predicted octanol–water partition coefficient (Wildman–Crippen LogP) is 3.11. The molecular formula is C17H32N2O2. The number of nitrogens with zero attached hydrogens (tertiary/aromatic N) is 1. The summed E-state index contributed by atoms with van der Waals surface area (Å²) in [6.07, 6.45) is 6.66.